The Bertz CT molecular complexity index is 466. The zero-order valence-electron chi connectivity index (χ0n) is 13.4. The van der Waals surface area contributed by atoms with E-state index in [0.717, 1.165) is 0 Å². The zero-order valence-corrected chi connectivity index (χ0v) is 13.4. The Hall–Kier alpha value is -1.93. The lowest BCUT2D eigenvalue weighted by atomic mass is 10.1. The molecule has 7 nitrogen and oxygen atoms in total. The van der Waals surface area contributed by atoms with Crippen molar-refractivity contribution < 1.29 is 33.0 Å². The molecule has 1 saturated heterocycles. The molecule has 23 heavy (non-hydrogen) atoms. The number of rotatable bonds is 4. The SMILES string of the molecule is CC(C)(C)OC(=O)NC(CC(=O)N1CCC(F)(F)CC1)C(=O)O. The molecule has 0 aromatic heterocycles. The fourth-order valence-corrected chi connectivity index (χ4v) is 2.04. The monoisotopic (exact) mass is 336 g/mol. The number of likely N-dealkylation sites (tertiary alicyclic amines) is 1. The van der Waals surface area contributed by atoms with Gasteiger partial charge in [-0.3, -0.25) is 4.79 Å². The average Bonchev–Trinajstić information content (AvgIpc) is 2.35. The number of nitrogens with zero attached hydrogens (tertiary/aromatic N) is 1. The van der Waals surface area contributed by atoms with Crippen molar-refractivity contribution in [3.8, 4) is 0 Å². The summed E-state index contributed by atoms with van der Waals surface area (Å²) in [4.78, 5) is 36.0. The maximum absolute atomic E-state index is 13.1. The van der Waals surface area contributed by atoms with Crippen LogP contribution in [-0.2, 0) is 14.3 Å². The molecule has 1 heterocycles. The molecule has 1 unspecified atom stereocenters. The number of halogens is 2. The summed E-state index contributed by atoms with van der Waals surface area (Å²) in [7, 11) is 0. The molecular formula is C14H22F2N2O5. The minimum atomic E-state index is -2.79. The minimum Gasteiger partial charge on any atom is -0.480 e. The predicted octanol–water partition coefficient (Wildman–Crippen LogP) is 1.61. The summed E-state index contributed by atoms with van der Waals surface area (Å²) in [6.45, 7) is 4.57. The topological polar surface area (TPSA) is 95.9 Å². The van der Waals surface area contributed by atoms with Crippen molar-refractivity contribution in [1.82, 2.24) is 10.2 Å². The van der Waals surface area contributed by atoms with E-state index in [0.29, 0.717) is 0 Å². The highest BCUT2D eigenvalue weighted by molar-refractivity contribution is 5.87. The van der Waals surface area contributed by atoms with Crippen molar-refractivity contribution in [3.05, 3.63) is 0 Å². The highest BCUT2D eigenvalue weighted by Gasteiger charge is 2.36. The number of nitrogens with one attached hydrogen (secondary N) is 1. The van der Waals surface area contributed by atoms with Crippen molar-refractivity contribution in [2.75, 3.05) is 13.1 Å². The Balaban J connectivity index is 2.57. The first-order chi connectivity index (χ1) is 10.4. The van der Waals surface area contributed by atoms with Gasteiger partial charge in [-0.1, -0.05) is 0 Å². The van der Waals surface area contributed by atoms with Gasteiger partial charge < -0.3 is 20.1 Å². The smallest absolute Gasteiger partial charge is 0.408 e. The second-order valence-corrected chi connectivity index (χ2v) is 6.48. The third kappa shape index (κ3) is 6.79. The number of carboxylic acid groups (broad SMARTS) is 1. The molecule has 0 radical (unpaired) electrons. The van der Waals surface area contributed by atoms with E-state index in [-0.39, 0.29) is 13.1 Å². The quantitative estimate of drug-likeness (QED) is 0.813. The summed E-state index contributed by atoms with van der Waals surface area (Å²) >= 11 is 0. The number of alkyl carbamates (subject to hydrolysis) is 1. The van der Waals surface area contributed by atoms with E-state index in [1.807, 2.05) is 0 Å². The molecule has 1 fully saturated rings. The van der Waals surface area contributed by atoms with Gasteiger partial charge in [0.1, 0.15) is 11.6 Å². The number of carbonyl (C=O) groups excluding carboxylic acids is 2. The van der Waals surface area contributed by atoms with Gasteiger partial charge in [0.05, 0.1) is 6.42 Å². The van der Waals surface area contributed by atoms with Crippen LogP contribution in [0.25, 0.3) is 0 Å². The number of hydrogen-bond acceptors (Lipinski definition) is 4. The van der Waals surface area contributed by atoms with Gasteiger partial charge in [0.25, 0.3) is 5.92 Å². The zero-order chi connectivity index (χ0) is 17.8. The Morgan fingerprint density at radius 3 is 2.22 bits per heavy atom. The van der Waals surface area contributed by atoms with Crippen LogP contribution >= 0.6 is 0 Å². The third-order valence-electron chi connectivity index (χ3n) is 3.22. The van der Waals surface area contributed by atoms with Gasteiger partial charge in [-0.25, -0.2) is 18.4 Å². The average molecular weight is 336 g/mol. The molecule has 132 valence electrons. The number of aliphatic carboxylic acids is 1. The molecule has 0 aromatic carbocycles. The van der Waals surface area contributed by atoms with Gasteiger partial charge in [0, 0.05) is 25.9 Å². The Morgan fingerprint density at radius 1 is 1.26 bits per heavy atom. The summed E-state index contributed by atoms with van der Waals surface area (Å²) in [6, 6.07) is -1.47. The second-order valence-electron chi connectivity index (χ2n) is 6.48. The van der Waals surface area contributed by atoms with E-state index in [9.17, 15) is 23.2 Å². The van der Waals surface area contributed by atoms with Gasteiger partial charge in [-0.15, -0.1) is 0 Å². The Morgan fingerprint density at radius 2 is 1.78 bits per heavy atom. The van der Waals surface area contributed by atoms with E-state index >= 15 is 0 Å². The molecule has 0 saturated carbocycles. The molecule has 0 bridgehead atoms. The first kappa shape index (κ1) is 19.1. The maximum Gasteiger partial charge on any atom is 0.408 e. The summed E-state index contributed by atoms with van der Waals surface area (Å²) < 4.78 is 31.0. The second kappa shape index (κ2) is 7.10. The third-order valence-corrected chi connectivity index (χ3v) is 3.22. The highest BCUT2D eigenvalue weighted by atomic mass is 19.3. The van der Waals surface area contributed by atoms with Crippen molar-refractivity contribution in [1.29, 1.82) is 0 Å². The Kier molecular flexibility index (Phi) is 5.90. The van der Waals surface area contributed by atoms with Crippen LogP contribution in [-0.4, -0.2) is 58.6 Å². The van der Waals surface area contributed by atoms with E-state index < -0.39 is 54.8 Å². The van der Waals surface area contributed by atoms with Crippen LogP contribution in [0.3, 0.4) is 0 Å². The van der Waals surface area contributed by atoms with Gasteiger partial charge >= 0.3 is 12.1 Å². The number of hydrogen-bond donors (Lipinski definition) is 2. The summed E-state index contributed by atoms with van der Waals surface area (Å²) in [5.41, 5.74) is -0.810. The molecule has 1 rings (SSSR count). The molecule has 9 heteroatoms. The van der Waals surface area contributed by atoms with Gasteiger partial charge in [0.2, 0.25) is 5.91 Å². The minimum absolute atomic E-state index is 0.134. The van der Waals surface area contributed by atoms with Crippen molar-refractivity contribution in [3.63, 3.8) is 0 Å². The lowest BCUT2D eigenvalue weighted by Crippen LogP contribution is -2.48. The number of piperidine rings is 1. The number of ether oxygens (including phenoxy) is 1. The van der Waals surface area contributed by atoms with Crippen molar-refractivity contribution in [2.24, 2.45) is 0 Å². The standard InChI is InChI=1S/C14H22F2N2O5/c1-13(2,3)23-12(22)17-9(11(20)21)8-10(19)18-6-4-14(15,16)5-7-18/h9H,4-8H2,1-3H3,(H,17,22)(H,20,21). The summed E-state index contributed by atoms with van der Waals surface area (Å²) in [5, 5.41) is 11.2. The molecule has 2 amide bonds. The number of carbonyl (C=O) groups is 3. The molecule has 1 aliphatic heterocycles. The molecular weight excluding hydrogens is 314 g/mol. The fraction of sp³-hybridized carbons (Fsp3) is 0.786. The van der Waals surface area contributed by atoms with Crippen LogP contribution in [0.2, 0.25) is 0 Å². The van der Waals surface area contributed by atoms with Crippen LogP contribution in [0.15, 0.2) is 0 Å². The van der Waals surface area contributed by atoms with E-state index in [4.69, 9.17) is 9.84 Å². The first-order valence-corrected chi connectivity index (χ1v) is 7.27. The van der Waals surface area contributed by atoms with Crippen molar-refractivity contribution >= 4 is 18.0 Å². The van der Waals surface area contributed by atoms with E-state index in [1.54, 1.807) is 20.8 Å². The fourth-order valence-electron chi connectivity index (χ4n) is 2.04. The van der Waals surface area contributed by atoms with Crippen LogP contribution in [0.5, 0.6) is 0 Å². The molecule has 1 aliphatic rings. The number of amides is 2. The predicted molar refractivity (Wildman–Crippen MR) is 76.2 cm³/mol. The molecule has 1 atom stereocenters. The van der Waals surface area contributed by atoms with Gasteiger partial charge in [0.15, 0.2) is 0 Å². The number of carboxylic acids is 1. The normalized spacial score (nSPS) is 18.9. The number of alkyl halides is 2. The van der Waals surface area contributed by atoms with E-state index in [2.05, 4.69) is 5.32 Å². The highest BCUT2D eigenvalue weighted by Crippen LogP contribution is 2.27. The van der Waals surface area contributed by atoms with Crippen molar-refractivity contribution in [2.45, 2.75) is 57.6 Å². The summed E-state index contributed by atoms with van der Waals surface area (Å²) in [6.07, 6.45) is -2.37. The van der Waals surface area contributed by atoms with Crippen LogP contribution < -0.4 is 5.32 Å². The summed E-state index contributed by atoms with van der Waals surface area (Å²) in [5.74, 6) is -4.78. The van der Waals surface area contributed by atoms with Gasteiger partial charge in [-0.2, -0.15) is 0 Å². The van der Waals surface area contributed by atoms with Gasteiger partial charge in [-0.05, 0) is 20.8 Å². The van der Waals surface area contributed by atoms with Crippen LogP contribution in [0.4, 0.5) is 13.6 Å². The van der Waals surface area contributed by atoms with E-state index in [1.165, 1.54) is 4.90 Å². The first-order valence-electron chi connectivity index (χ1n) is 7.27. The van der Waals surface area contributed by atoms with Crippen LogP contribution in [0, 0.1) is 0 Å². The lowest BCUT2D eigenvalue weighted by molar-refractivity contribution is -0.145. The molecule has 0 aliphatic carbocycles. The maximum atomic E-state index is 13.1. The Labute approximate surface area is 133 Å². The molecule has 0 spiro atoms. The molecule has 0 aromatic rings. The lowest BCUT2D eigenvalue weighted by Gasteiger charge is -2.32. The largest absolute Gasteiger partial charge is 0.480 e. The molecule has 2 N–H and O–H groups in total. The van der Waals surface area contributed by atoms with Crippen LogP contribution in [0.1, 0.15) is 40.0 Å².